The highest BCUT2D eigenvalue weighted by atomic mass is 79.9. The lowest BCUT2D eigenvalue weighted by Crippen LogP contribution is -2.48. The summed E-state index contributed by atoms with van der Waals surface area (Å²) in [7, 11) is 0. The van der Waals surface area contributed by atoms with Crippen LogP contribution in [-0.2, 0) is 0 Å². The summed E-state index contributed by atoms with van der Waals surface area (Å²) in [6, 6.07) is 5.83. The Morgan fingerprint density at radius 1 is 1.56 bits per heavy atom. The highest BCUT2D eigenvalue weighted by Gasteiger charge is 2.42. The molecule has 1 aliphatic carbocycles. The molecular weight excluding hydrogens is 294 g/mol. The molecule has 2 rings (SSSR count). The van der Waals surface area contributed by atoms with Gasteiger partial charge in [-0.3, -0.25) is 4.79 Å². The molecule has 0 unspecified atom stereocenters. The maximum Gasteiger partial charge on any atom is 0.273 e. The number of hydrogen-bond acceptors (Lipinski definition) is 3. The molecule has 0 N–H and O–H groups in total. The number of nitriles is 1. The van der Waals surface area contributed by atoms with Crippen LogP contribution in [0.2, 0.25) is 0 Å². The Kier molecular flexibility index (Phi) is 3.40. The molecule has 1 saturated carbocycles. The van der Waals surface area contributed by atoms with Crippen molar-refractivity contribution >= 4 is 21.8 Å². The molecule has 18 heavy (non-hydrogen) atoms. The van der Waals surface area contributed by atoms with Gasteiger partial charge in [0, 0.05) is 16.7 Å². The Bertz CT molecular complexity index is 500. The predicted molar refractivity (Wildman–Crippen MR) is 70.8 cm³/mol. The van der Waals surface area contributed by atoms with Crippen molar-refractivity contribution in [1.82, 2.24) is 9.88 Å². The van der Waals surface area contributed by atoms with Crippen molar-refractivity contribution in [2.45, 2.75) is 38.3 Å². The largest absolute Gasteiger partial charge is 0.316 e. The molecule has 1 heterocycles. The number of halogens is 1. The molecule has 0 aromatic carbocycles. The minimum absolute atomic E-state index is 0.170. The van der Waals surface area contributed by atoms with Crippen molar-refractivity contribution in [3.05, 3.63) is 28.5 Å². The van der Waals surface area contributed by atoms with E-state index in [2.05, 4.69) is 27.0 Å². The maximum absolute atomic E-state index is 12.4. The number of carbonyl (C=O) groups is 1. The van der Waals surface area contributed by atoms with E-state index < -0.39 is 5.54 Å². The van der Waals surface area contributed by atoms with E-state index in [-0.39, 0.29) is 11.9 Å². The van der Waals surface area contributed by atoms with Crippen LogP contribution in [0.15, 0.2) is 22.8 Å². The molecule has 5 heteroatoms. The number of rotatable bonds is 3. The minimum atomic E-state index is -0.799. The third-order valence-corrected chi connectivity index (χ3v) is 3.42. The zero-order valence-electron chi connectivity index (χ0n) is 10.4. The second-order valence-electron chi connectivity index (χ2n) is 4.94. The van der Waals surface area contributed by atoms with Crippen LogP contribution in [0.4, 0.5) is 0 Å². The van der Waals surface area contributed by atoms with Gasteiger partial charge < -0.3 is 4.90 Å². The molecule has 1 aromatic rings. The fourth-order valence-electron chi connectivity index (χ4n) is 1.89. The Hall–Kier alpha value is -1.41. The summed E-state index contributed by atoms with van der Waals surface area (Å²) in [5, 5.41) is 9.21. The van der Waals surface area contributed by atoms with Gasteiger partial charge in [-0.1, -0.05) is 0 Å². The topological polar surface area (TPSA) is 57.0 Å². The summed E-state index contributed by atoms with van der Waals surface area (Å²) in [4.78, 5) is 18.2. The number of pyridine rings is 1. The van der Waals surface area contributed by atoms with Gasteiger partial charge >= 0.3 is 0 Å². The van der Waals surface area contributed by atoms with Crippen molar-refractivity contribution < 1.29 is 4.79 Å². The molecule has 0 saturated heterocycles. The van der Waals surface area contributed by atoms with Crippen LogP contribution in [-0.4, -0.2) is 27.4 Å². The zero-order chi connectivity index (χ0) is 13.3. The van der Waals surface area contributed by atoms with Crippen LogP contribution < -0.4 is 0 Å². The van der Waals surface area contributed by atoms with E-state index >= 15 is 0 Å². The predicted octanol–water partition coefficient (Wildman–Crippen LogP) is 2.75. The summed E-state index contributed by atoms with van der Waals surface area (Å²) < 4.78 is 0.830. The number of aromatic nitrogens is 1. The molecule has 0 atom stereocenters. The molecule has 1 fully saturated rings. The van der Waals surface area contributed by atoms with Gasteiger partial charge in [-0.2, -0.15) is 5.26 Å². The molecule has 1 aliphatic rings. The molecule has 1 aromatic heterocycles. The van der Waals surface area contributed by atoms with Gasteiger partial charge in [0.25, 0.3) is 5.91 Å². The molecular formula is C13H14BrN3O. The zero-order valence-corrected chi connectivity index (χ0v) is 11.9. The van der Waals surface area contributed by atoms with Gasteiger partial charge in [-0.15, -0.1) is 0 Å². The minimum Gasteiger partial charge on any atom is -0.316 e. The average Bonchev–Trinajstić information content (AvgIpc) is 3.14. The van der Waals surface area contributed by atoms with E-state index in [1.54, 1.807) is 37.1 Å². The first-order valence-electron chi connectivity index (χ1n) is 5.82. The van der Waals surface area contributed by atoms with Gasteiger partial charge in [0.2, 0.25) is 0 Å². The Balaban J connectivity index is 2.30. The first-order chi connectivity index (χ1) is 8.45. The summed E-state index contributed by atoms with van der Waals surface area (Å²) in [6.07, 6.45) is 3.53. The number of hydrogen-bond donors (Lipinski definition) is 0. The Labute approximate surface area is 115 Å². The molecule has 0 aliphatic heterocycles. The summed E-state index contributed by atoms with van der Waals surface area (Å²) >= 11 is 3.29. The molecule has 94 valence electrons. The SMILES string of the molecule is CC(C)(C#N)N(C(=O)c1ccc(Br)cn1)C1CC1. The van der Waals surface area contributed by atoms with Crippen molar-refractivity contribution in [1.29, 1.82) is 5.26 Å². The number of nitrogens with zero attached hydrogens (tertiary/aromatic N) is 3. The van der Waals surface area contributed by atoms with Gasteiger partial charge in [0.05, 0.1) is 6.07 Å². The lowest BCUT2D eigenvalue weighted by atomic mass is 10.0. The van der Waals surface area contributed by atoms with Crippen molar-refractivity contribution in [2.75, 3.05) is 0 Å². The molecule has 1 amide bonds. The smallest absolute Gasteiger partial charge is 0.273 e. The van der Waals surface area contributed by atoms with Crippen LogP contribution in [0.1, 0.15) is 37.2 Å². The van der Waals surface area contributed by atoms with E-state index in [4.69, 9.17) is 0 Å². The Morgan fingerprint density at radius 2 is 2.22 bits per heavy atom. The van der Waals surface area contributed by atoms with Crippen LogP contribution >= 0.6 is 15.9 Å². The molecule has 4 nitrogen and oxygen atoms in total. The summed E-state index contributed by atoms with van der Waals surface area (Å²) in [5.74, 6) is -0.170. The van der Waals surface area contributed by atoms with Gasteiger partial charge in [-0.25, -0.2) is 4.98 Å². The third-order valence-electron chi connectivity index (χ3n) is 2.95. The van der Waals surface area contributed by atoms with Crippen LogP contribution in [0.5, 0.6) is 0 Å². The van der Waals surface area contributed by atoms with Gasteiger partial charge in [-0.05, 0) is 54.8 Å². The van der Waals surface area contributed by atoms with Crippen LogP contribution in [0.25, 0.3) is 0 Å². The first-order valence-corrected chi connectivity index (χ1v) is 6.61. The van der Waals surface area contributed by atoms with Crippen molar-refractivity contribution in [3.8, 4) is 6.07 Å². The quantitative estimate of drug-likeness (QED) is 0.862. The second kappa shape index (κ2) is 4.69. The van der Waals surface area contributed by atoms with E-state index in [1.165, 1.54) is 0 Å². The van der Waals surface area contributed by atoms with Crippen LogP contribution in [0, 0.1) is 11.3 Å². The number of amides is 1. The van der Waals surface area contributed by atoms with Crippen molar-refractivity contribution in [2.24, 2.45) is 0 Å². The lowest BCUT2D eigenvalue weighted by molar-refractivity contribution is 0.0609. The fourth-order valence-corrected chi connectivity index (χ4v) is 2.12. The van der Waals surface area contributed by atoms with Gasteiger partial charge in [0.1, 0.15) is 11.2 Å². The molecule has 0 radical (unpaired) electrons. The van der Waals surface area contributed by atoms with E-state index in [0.29, 0.717) is 5.69 Å². The fraction of sp³-hybridized carbons (Fsp3) is 0.462. The van der Waals surface area contributed by atoms with E-state index in [0.717, 1.165) is 17.3 Å². The van der Waals surface area contributed by atoms with Gasteiger partial charge in [0.15, 0.2) is 0 Å². The standard InChI is InChI=1S/C13H14BrN3O/c1-13(2,8-15)17(10-4-5-10)12(18)11-6-3-9(14)7-16-11/h3,6-7,10H,4-5H2,1-2H3. The highest BCUT2D eigenvalue weighted by molar-refractivity contribution is 9.10. The lowest BCUT2D eigenvalue weighted by Gasteiger charge is -2.33. The number of carbonyl (C=O) groups excluding carboxylic acids is 1. The second-order valence-corrected chi connectivity index (χ2v) is 5.85. The van der Waals surface area contributed by atoms with Crippen LogP contribution in [0.3, 0.4) is 0 Å². The van der Waals surface area contributed by atoms with Crippen molar-refractivity contribution in [3.63, 3.8) is 0 Å². The normalized spacial score (nSPS) is 15.0. The third kappa shape index (κ3) is 2.54. The first kappa shape index (κ1) is 13.0. The monoisotopic (exact) mass is 307 g/mol. The average molecular weight is 308 g/mol. The maximum atomic E-state index is 12.4. The highest BCUT2D eigenvalue weighted by Crippen LogP contribution is 2.33. The van der Waals surface area contributed by atoms with E-state index in [1.807, 2.05) is 0 Å². The molecule has 0 spiro atoms. The van der Waals surface area contributed by atoms with E-state index in [9.17, 15) is 10.1 Å². The summed E-state index contributed by atoms with van der Waals surface area (Å²) in [6.45, 7) is 3.53. The Morgan fingerprint density at radius 3 is 2.67 bits per heavy atom. The summed E-state index contributed by atoms with van der Waals surface area (Å²) in [5.41, 5.74) is -0.416. The molecule has 0 bridgehead atoms.